The highest BCUT2D eigenvalue weighted by atomic mass is 79.9. The van der Waals surface area contributed by atoms with Gasteiger partial charge >= 0.3 is 5.97 Å². The molecule has 3 rings (SSSR count). The van der Waals surface area contributed by atoms with Crippen molar-refractivity contribution < 1.29 is 19.4 Å². The average Bonchev–Trinajstić information content (AvgIpc) is 3.02. The van der Waals surface area contributed by atoms with Gasteiger partial charge in [0, 0.05) is 8.95 Å². The summed E-state index contributed by atoms with van der Waals surface area (Å²) in [6.07, 6.45) is 2.48. The molecule has 1 fully saturated rings. The van der Waals surface area contributed by atoms with E-state index < -0.39 is 30.0 Å². The van der Waals surface area contributed by atoms with E-state index in [0.29, 0.717) is 5.69 Å². The van der Waals surface area contributed by atoms with E-state index in [1.807, 2.05) is 6.07 Å². The quantitative estimate of drug-likeness (QED) is 0.743. The fourth-order valence-electron chi connectivity index (χ4n) is 2.72. The molecule has 0 radical (unpaired) electrons. The first-order valence-electron chi connectivity index (χ1n) is 6.30. The van der Waals surface area contributed by atoms with E-state index >= 15 is 0 Å². The van der Waals surface area contributed by atoms with Crippen molar-refractivity contribution >= 4 is 49.4 Å². The third-order valence-corrected chi connectivity index (χ3v) is 4.83. The first-order chi connectivity index (χ1) is 9.97. The number of ether oxygens (including phenoxy) is 1. The van der Waals surface area contributed by atoms with E-state index in [9.17, 15) is 14.7 Å². The predicted molar refractivity (Wildman–Crippen MR) is 82.9 cm³/mol. The lowest BCUT2D eigenvalue weighted by Gasteiger charge is -2.21. The lowest BCUT2D eigenvalue weighted by molar-refractivity contribution is -0.145. The third-order valence-electron chi connectivity index (χ3n) is 3.68. The highest BCUT2D eigenvalue weighted by Gasteiger charge is 2.53. The van der Waals surface area contributed by atoms with Gasteiger partial charge in [-0.2, -0.15) is 0 Å². The number of nitrogens with one attached hydrogen (secondary N) is 1. The van der Waals surface area contributed by atoms with E-state index in [-0.39, 0.29) is 5.91 Å². The van der Waals surface area contributed by atoms with Crippen LogP contribution in [-0.2, 0) is 14.3 Å². The Hall–Kier alpha value is -1.18. The predicted octanol–water partition coefficient (Wildman–Crippen LogP) is 2.80. The minimum atomic E-state index is -1.01. The number of carboxylic acid groups (broad SMARTS) is 1. The van der Waals surface area contributed by atoms with Crippen molar-refractivity contribution in [3.8, 4) is 0 Å². The van der Waals surface area contributed by atoms with Crippen LogP contribution in [0, 0.1) is 11.8 Å². The Kier molecular flexibility index (Phi) is 3.90. The number of carboxylic acids is 1. The summed E-state index contributed by atoms with van der Waals surface area (Å²) >= 11 is 6.70. The van der Waals surface area contributed by atoms with Gasteiger partial charge in [-0.1, -0.05) is 28.1 Å². The van der Waals surface area contributed by atoms with Crippen molar-refractivity contribution in [2.45, 2.75) is 12.2 Å². The fourth-order valence-corrected chi connectivity index (χ4v) is 3.87. The normalized spacial score (nSPS) is 29.6. The maximum atomic E-state index is 12.4. The molecule has 110 valence electrons. The second kappa shape index (κ2) is 5.55. The van der Waals surface area contributed by atoms with Crippen LogP contribution in [-0.4, -0.2) is 29.2 Å². The van der Waals surface area contributed by atoms with E-state index in [2.05, 4.69) is 37.2 Å². The number of aliphatic carboxylic acids is 1. The number of rotatable bonds is 3. The number of anilines is 1. The van der Waals surface area contributed by atoms with Gasteiger partial charge in [0.1, 0.15) is 5.92 Å². The molecule has 7 heteroatoms. The molecule has 0 spiro atoms. The lowest BCUT2D eigenvalue weighted by Crippen LogP contribution is -2.39. The molecule has 1 amide bonds. The van der Waals surface area contributed by atoms with Gasteiger partial charge in [0.15, 0.2) is 0 Å². The number of fused-ring (bicyclic) bond motifs is 2. The number of benzene rings is 1. The summed E-state index contributed by atoms with van der Waals surface area (Å²) in [6.45, 7) is 0. The Balaban J connectivity index is 1.82. The standard InChI is InChI=1S/C14H11Br2NO4/c15-6-1-2-8(7(16)5-6)17-13(18)11-9-3-4-10(21-9)12(11)14(19)20/h1-5,9-12H,(H,17,18)(H,19,20). The molecule has 5 nitrogen and oxygen atoms in total. The first-order valence-corrected chi connectivity index (χ1v) is 7.88. The lowest BCUT2D eigenvalue weighted by atomic mass is 9.82. The summed E-state index contributed by atoms with van der Waals surface area (Å²) < 4.78 is 7.09. The van der Waals surface area contributed by atoms with Crippen molar-refractivity contribution in [2.75, 3.05) is 5.32 Å². The van der Waals surface area contributed by atoms with Gasteiger partial charge in [-0.05, 0) is 34.1 Å². The molecule has 0 saturated carbocycles. The molecule has 2 aliphatic heterocycles. The van der Waals surface area contributed by atoms with Crippen LogP contribution in [0.4, 0.5) is 5.69 Å². The van der Waals surface area contributed by atoms with Gasteiger partial charge in [0.25, 0.3) is 0 Å². The summed E-state index contributed by atoms with van der Waals surface area (Å²) in [5.41, 5.74) is 0.596. The van der Waals surface area contributed by atoms with E-state index in [4.69, 9.17) is 4.74 Å². The molecular weight excluding hydrogens is 406 g/mol. The zero-order valence-electron chi connectivity index (χ0n) is 10.6. The third kappa shape index (κ3) is 2.65. The van der Waals surface area contributed by atoms with Crippen LogP contribution in [0.1, 0.15) is 0 Å². The average molecular weight is 417 g/mol. The van der Waals surface area contributed by atoms with Crippen molar-refractivity contribution in [3.05, 3.63) is 39.3 Å². The zero-order valence-corrected chi connectivity index (χ0v) is 13.8. The van der Waals surface area contributed by atoms with E-state index in [0.717, 1.165) is 8.95 Å². The molecule has 2 N–H and O–H groups in total. The van der Waals surface area contributed by atoms with Crippen molar-refractivity contribution in [3.63, 3.8) is 0 Å². The number of carbonyl (C=O) groups is 2. The molecule has 4 unspecified atom stereocenters. The monoisotopic (exact) mass is 415 g/mol. The summed E-state index contributed by atoms with van der Waals surface area (Å²) in [5, 5.41) is 12.1. The highest BCUT2D eigenvalue weighted by Crippen LogP contribution is 2.40. The second-order valence-electron chi connectivity index (χ2n) is 4.95. The largest absolute Gasteiger partial charge is 0.481 e. The molecular formula is C14H11Br2NO4. The molecule has 4 atom stereocenters. The van der Waals surface area contributed by atoms with Gasteiger partial charge in [-0.25, -0.2) is 0 Å². The zero-order chi connectivity index (χ0) is 15.1. The molecule has 2 heterocycles. The molecule has 0 aliphatic carbocycles. The highest BCUT2D eigenvalue weighted by molar-refractivity contribution is 9.11. The van der Waals surface area contributed by atoms with Crippen LogP contribution in [0.2, 0.25) is 0 Å². The van der Waals surface area contributed by atoms with Crippen LogP contribution in [0.15, 0.2) is 39.3 Å². The minimum absolute atomic E-state index is 0.345. The van der Waals surface area contributed by atoms with Crippen LogP contribution in [0.5, 0.6) is 0 Å². The summed E-state index contributed by atoms with van der Waals surface area (Å²) in [5.74, 6) is -2.91. The number of halogens is 2. The van der Waals surface area contributed by atoms with Crippen LogP contribution in [0.25, 0.3) is 0 Å². The molecule has 2 aliphatic rings. The van der Waals surface area contributed by atoms with Gasteiger partial charge in [-0.15, -0.1) is 0 Å². The maximum absolute atomic E-state index is 12.4. The first kappa shape index (κ1) is 14.7. The van der Waals surface area contributed by atoms with E-state index in [1.165, 1.54) is 0 Å². The van der Waals surface area contributed by atoms with Gasteiger partial charge in [-0.3, -0.25) is 9.59 Å². The Morgan fingerprint density at radius 2 is 1.81 bits per heavy atom. The topological polar surface area (TPSA) is 75.6 Å². The van der Waals surface area contributed by atoms with Crippen LogP contribution >= 0.6 is 31.9 Å². The van der Waals surface area contributed by atoms with Crippen LogP contribution in [0.3, 0.4) is 0 Å². The van der Waals surface area contributed by atoms with Crippen molar-refractivity contribution in [1.29, 1.82) is 0 Å². The molecule has 2 bridgehead atoms. The number of carbonyl (C=O) groups excluding carboxylic acids is 1. The maximum Gasteiger partial charge on any atom is 0.310 e. The van der Waals surface area contributed by atoms with E-state index in [1.54, 1.807) is 24.3 Å². The van der Waals surface area contributed by atoms with Crippen LogP contribution < -0.4 is 5.32 Å². The second-order valence-corrected chi connectivity index (χ2v) is 6.72. The molecule has 21 heavy (non-hydrogen) atoms. The van der Waals surface area contributed by atoms with Gasteiger partial charge in [0.05, 0.1) is 23.8 Å². The molecule has 1 aromatic carbocycles. The smallest absolute Gasteiger partial charge is 0.310 e. The summed E-state index contributed by atoms with van der Waals surface area (Å²) in [7, 11) is 0. The van der Waals surface area contributed by atoms with Crippen molar-refractivity contribution in [1.82, 2.24) is 0 Å². The fraction of sp³-hybridized carbons (Fsp3) is 0.286. The number of hydrogen-bond donors (Lipinski definition) is 2. The summed E-state index contributed by atoms with van der Waals surface area (Å²) in [6, 6.07) is 5.35. The minimum Gasteiger partial charge on any atom is -0.481 e. The summed E-state index contributed by atoms with van der Waals surface area (Å²) in [4.78, 5) is 23.8. The Bertz CT molecular complexity index is 646. The van der Waals surface area contributed by atoms with Gasteiger partial charge in [0.2, 0.25) is 5.91 Å². The number of amides is 1. The van der Waals surface area contributed by atoms with Crippen molar-refractivity contribution in [2.24, 2.45) is 11.8 Å². The van der Waals surface area contributed by atoms with Gasteiger partial charge < -0.3 is 15.2 Å². The molecule has 1 aromatic rings. The molecule has 0 aromatic heterocycles. The Morgan fingerprint density at radius 1 is 1.14 bits per heavy atom. The Morgan fingerprint density at radius 3 is 2.43 bits per heavy atom. The Labute approximate surface area is 137 Å². The SMILES string of the molecule is O=C(O)C1C2C=CC(O2)C1C(=O)Nc1ccc(Br)cc1Br. The molecule has 1 saturated heterocycles. The number of hydrogen-bond acceptors (Lipinski definition) is 3.